The van der Waals surface area contributed by atoms with E-state index in [9.17, 15) is 19.7 Å². The molecule has 10 heteroatoms. The predicted molar refractivity (Wildman–Crippen MR) is 83.3 cm³/mol. The molecule has 0 spiro atoms. The van der Waals surface area contributed by atoms with Gasteiger partial charge in [-0.1, -0.05) is 0 Å². The number of carbonyl (C=O) groups excluding carboxylic acids is 2. The smallest absolute Gasteiger partial charge is 0.315 e. The second-order valence-electron chi connectivity index (χ2n) is 4.57. The molecule has 24 heavy (non-hydrogen) atoms. The molecule has 0 bridgehead atoms. The number of aldehydes is 1. The van der Waals surface area contributed by atoms with Gasteiger partial charge >= 0.3 is 6.03 Å². The van der Waals surface area contributed by atoms with Crippen molar-refractivity contribution in [1.29, 1.82) is 0 Å². The Balaban J connectivity index is 3.48. The van der Waals surface area contributed by atoms with Crippen LogP contribution in [0.3, 0.4) is 0 Å². The van der Waals surface area contributed by atoms with Gasteiger partial charge in [-0.25, -0.2) is 4.79 Å². The molecule has 0 saturated carbocycles. The molecule has 2 N–H and O–H groups in total. The summed E-state index contributed by atoms with van der Waals surface area (Å²) < 4.78 is 15.5. The van der Waals surface area contributed by atoms with Crippen LogP contribution in [-0.4, -0.2) is 51.7 Å². The Bertz CT molecular complexity index is 595. The lowest BCUT2D eigenvalue weighted by atomic mass is 9.99. The molecule has 0 aromatic heterocycles. The lowest BCUT2D eigenvalue weighted by Gasteiger charge is -2.21. The number of benzene rings is 1. The summed E-state index contributed by atoms with van der Waals surface area (Å²) >= 11 is 0. The zero-order valence-electron chi connectivity index (χ0n) is 13.7. The van der Waals surface area contributed by atoms with Crippen molar-refractivity contribution in [3.8, 4) is 17.2 Å². The quantitative estimate of drug-likeness (QED) is 0.401. The summed E-state index contributed by atoms with van der Waals surface area (Å²) in [6, 6.07) is -0.733. The second-order valence-corrected chi connectivity index (χ2v) is 4.57. The summed E-state index contributed by atoms with van der Waals surface area (Å²) in [6.45, 7) is 0. The van der Waals surface area contributed by atoms with Crippen LogP contribution in [0.2, 0.25) is 0 Å². The molecule has 0 aliphatic heterocycles. The number of nitrogens with zero attached hydrogens (tertiary/aromatic N) is 1. The van der Waals surface area contributed by atoms with Crippen LogP contribution in [0, 0.1) is 10.1 Å². The zero-order chi connectivity index (χ0) is 18.3. The van der Waals surface area contributed by atoms with Crippen molar-refractivity contribution in [3.63, 3.8) is 0 Å². The molecule has 1 rings (SSSR count). The average molecular weight is 341 g/mol. The number of carbonyl (C=O) groups is 2. The normalized spacial score (nSPS) is 12.5. The molecule has 1 aromatic carbocycles. The number of amides is 2. The summed E-state index contributed by atoms with van der Waals surface area (Å²) in [7, 11) is 5.52. The summed E-state index contributed by atoms with van der Waals surface area (Å²) in [6.07, 6.45) is 0.157. The van der Waals surface area contributed by atoms with Gasteiger partial charge in [0.25, 0.3) is 6.04 Å². The van der Waals surface area contributed by atoms with Gasteiger partial charge < -0.3 is 24.8 Å². The van der Waals surface area contributed by atoms with E-state index >= 15 is 0 Å². The Hall–Kier alpha value is -3.04. The number of rotatable bonds is 8. The molecule has 0 fully saturated rings. The van der Waals surface area contributed by atoms with Crippen molar-refractivity contribution in [1.82, 2.24) is 10.6 Å². The molecule has 132 valence electrons. The first-order chi connectivity index (χ1) is 11.4. The topological polar surface area (TPSA) is 129 Å². The Labute approximate surface area is 138 Å². The minimum Gasteiger partial charge on any atom is -0.493 e. The Morgan fingerprint density at radius 1 is 1.21 bits per heavy atom. The summed E-state index contributed by atoms with van der Waals surface area (Å²) in [5.41, 5.74) is 0.252. The highest BCUT2D eigenvalue weighted by molar-refractivity contribution is 5.75. The molecule has 10 nitrogen and oxygen atoms in total. The highest BCUT2D eigenvalue weighted by Gasteiger charge is 2.35. The van der Waals surface area contributed by atoms with Gasteiger partial charge in [-0.05, 0) is 17.7 Å². The van der Waals surface area contributed by atoms with Gasteiger partial charge in [-0.3, -0.25) is 14.9 Å². The number of nitrogens with one attached hydrogen (secondary N) is 2. The molecule has 0 aliphatic rings. The van der Waals surface area contributed by atoms with Gasteiger partial charge in [0, 0.05) is 12.0 Å². The minimum absolute atomic E-state index is 0.157. The van der Waals surface area contributed by atoms with Gasteiger partial charge in [0.2, 0.25) is 5.75 Å². The fourth-order valence-electron chi connectivity index (χ4n) is 2.11. The van der Waals surface area contributed by atoms with Crippen molar-refractivity contribution in [2.75, 3.05) is 28.4 Å². The zero-order valence-corrected chi connectivity index (χ0v) is 13.7. The fourth-order valence-corrected chi connectivity index (χ4v) is 2.11. The Kier molecular flexibility index (Phi) is 6.78. The van der Waals surface area contributed by atoms with E-state index in [0.29, 0.717) is 0 Å². The maximum Gasteiger partial charge on any atom is 0.315 e. The van der Waals surface area contributed by atoms with Crippen molar-refractivity contribution in [3.05, 3.63) is 27.8 Å². The lowest BCUT2D eigenvalue weighted by molar-refractivity contribution is -0.510. The fraction of sp³-hybridized carbons (Fsp3) is 0.429. The van der Waals surface area contributed by atoms with Crippen molar-refractivity contribution in [2.45, 2.75) is 12.1 Å². The van der Waals surface area contributed by atoms with E-state index in [2.05, 4.69) is 10.6 Å². The largest absolute Gasteiger partial charge is 0.493 e. The molecule has 2 unspecified atom stereocenters. The Morgan fingerprint density at radius 2 is 1.75 bits per heavy atom. The highest BCUT2D eigenvalue weighted by atomic mass is 16.6. The number of methoxy groups -OCH3 is 3. The number of urea groups is 1. The van der Waals surface area contributed by atoms with E-state index in [4.69, 9.17) is 14.2 Å². The van der Waals surface area contributed by atoms with Gasteiger partial charge in [0.05, 0.1) is 21.3 Å². The van der Waals surface area contributed by atoms with Crippen LogP contribution >= 0.6 is 0 Å². The van der Waals surface area contributed by atoms with Gasteiger partial charge in [0.1, 0.15) is 6.04 Å². The number of nitro groups is 1. The molecular weight excluding hydrogens is 322 g/mol. The molecule has 0 aliphatic carbocycles. The summed E-state index contributed by atoms with van der Waals surface area (Å²) in [5.74, 6) is 0.762. The molecule has 0 saturated heterocycles. The maximum atomic E-state index is 11.6. The summed E-state index contributed by atoms with van der Waals surface area (Å²) in [5, 5.41) is 15.8. The number of hydrogen-bond acceptors (Lipinski definition) is 7. The Morgan fingerprint density at radius 3 is 2.08 bits per heavy atom. The van der Waals surface area contributed by atoms with E-state index in [1.54, 1.807) is 0 Å². The van der Waals surface area contributed by atoms with E-state index in [-0.39, 0.29) is 29.1 Å². The van der Waals surface area contributed by atoms with E-state index in [1.165, 1.54) is 40.5 Å². The second kappa shape index (κ2) is 8.56. The van der Waals surface area contributed by atoms with Gasteiger partial charge in [-0.2, -0.15) is 0 Å². The van der Waals surface area contributed by atoms with Crippen LogP contribution in [0.25, 0.3) is 0 Å². The number of ether oxygens (including phenoxy) is 3. The standard InChI is InChI=1S/C14H19N3O7/c1-15-14(19)16-12(9(7-18)17(20)21)8-5-10(22-2)13(24-4)11(6-8)23-3/h5-7,9,12H,1-4H3,(H2,15,16,19). The van der Waals surface area contributed by atoms with Crippen LogP contribution in [0.5, 0.6) is 17.2 Å². The molecule has 2 amide bonds. The third-order valence-electron chi connectivity index (χ3n) is 3.28. The predicted octanol–water partition coefficient (Wildman–Crippen LogP) is 0.527. The monoisotopic (exact) mass is 341 g/mol. The van der Waals surface area contributed by atoms with Crippen LogP contribution in [0.4, 0.5) is 4.79 Å². The van der Waals surface area contributed by atoms with Crippen LogP contribution < -0.4 is 24.8 Å². The van der Waals surface area contributed by atoms with Crippen molar-refractivity contribution in [2.24, 2.45) is 0 Å². The van der Waals surface area contributed by atoms with Crippen LogP contribution in [0.15, 0.2) is 12.1 Å². The summed E-state index contributed by atoms with van der Waals surface area (Å²) in [4.78, 5) is 33.2. The molecule has 1 aromatic rings. The average Bonchev–Trinajstić information content (AvgIpc) is 2.59. The maximum absolute atomic E-state index is 11.6. The first kappa shape index (κ1) is 19.0. The van der Waals surface area contributed by atoms with Crippen LogP contribution in [0.1, 0.15) is 11.6 Å². The lowest BCUT2D eigenvalue weighted by Crippen LogP contribution is -2.44. The first-order valence-corrected chi connectivity index (χ1v) is 6.80. The SMILES string of the molecule is CNC(=O)NC(c1cc(OC)c(OC)c(OC)c1)C(C=O)[N+](=O)[O-]. The molecule has 0 heterocycles. The number of hydrogen-bond donors (Lipinski definition) is 2. The van der Waals surface area contributed by atoms with Gasteiger partial charge in [-0.15, -0.1) is 0 Å². The van der Waals surface area contributed by atoms with Crippen molar-refractivity contribution >= 4 is 12.3 Å². The van der Waals surface area contributed by atoms with E-state index in [0.717, 1.165) is 0 Å². The minimum atomic E-state index is -1.69. The molecular formula is C14H19N3O7. The van der Waals surface area contributed by atoms with Crippen LogP contribution in [-0.2, 0) is 4.79 Å². The third-order valence-corrected chi connectivity index (χ3v) is 3.28. The molecule has 2 atom stereocenters. The first-order valence-electron chi connectivity index (χ1n) is 6.80. The van der Waals surface area contributed by atoms with Crippen molar-refractivity contribution < 1.29 is 28.7 Å². The third kappa shape index (κ3) is 4.03. The van der Waals surface area contributed by atoms with Gasteiger partial charge in [0.15, 0.2) is 17.8 Å². The van der Waals surface area contributed by atoms with E-state index in [1.807, 2.05) is 0 Å². The van der Waals surface area contributed by atoms with E-state index < -0.39 is 23.0 Å². The highest BCUT2D eigenvalue weighted by Crippen LogP contribution is 2.40. The molecule has 0 radical (unpaired) electrons.